The SMILES string of the molecule is OC(COC1CCOCC1)CN(Cc1cccs1)C1CC1. The highest BCUT2D eigenvalue weighted by Crippen LogP contribution is 2.29. The van der Waals surface area contributed by atoms with Crippen molar-refractivity contribution < 1.29 is 14.6 Å². The van der Waals surface area contributed by atoms with Crippen LogP contribution in [0, 0.1) is 0 Å². The predicted octanol–water partition coefficient (Wildman–Crippen LogP) is 2.27. The van der Waals surface area contributed by atoms with Crippen molar-refractivity contribution in [3.63, 3.8) is 0 Å². The van der Waals surface area contributed by atoms with Crippen LogP contribution < -0.4 is 0 Å². The highest BCUT2D eigenvalue weighted by Gasteiger charge is 2.30. The van der Waals surface area contributed by atoms with E-state index >= 15 is 0 Å². The summed E-state index contributed by atoms with van der Waals surface area (Å²) in [5, 5.41) is 12.4. The van der Waals surface area contributed by atoms with Crippen LogP contribution in [0.1, 0.15) is 30.6 Å². The predicted molar refractivity (Wildman–Crippen MR) is 83.6 cm³/mol. The van der Waals surface area contributed by atoms with Crippen LogP contribution in [-0.2, 0) is 16.0 Å². The van der Waals surface area contributed by atoms with E-state index in [1.807, 2.05) is 0 Å². The molecule has 2 heterocycles. The summed E-state index contributed by atoms with van der Waals surface area (Å²) in [5.41, 5.74) is 0. The summed E-state index contributed by atoms with van der Waals surface area (Å²) in [6.07, 6.45) is 4.30. The number of hydrogen-bond donors (Lipinski definition) is 1. The molecule has 2 fully saturated rings. The molecule has 0 spiro atoms. The topological polar surface area (TPSA) is 41.9 Å². The molecule has 0 radical (unpaired) electrons. The first-order chi connectivity index (χ1) is 10.3. The lowest BCUT2D eigenvalue weighted by Gasteiger charge is -2.27. The third-order valence-corrected chi connectivity index (χ3v) is 5.00. The van der Waals surface area contributed by atoms with Gasteiger partial charge in [0.25, 0.3) is 0 Å². The van der Waals surface area contributed by atoms with Gasteiger partial charge in [0.1, 0.15) is 0 Å². The van der Waals surface area contributed by atoms with Gasteiger partial charge in [-0.1, -0.05) is 6.07 Å². The summed E-state index contributed by atoms with van der Waals surface area (Å²) < 4.78 is 11.1. The van der Waals surface area contributed by atoms with E-state index in [-0.39, 0.29) is 6.10 Å². The van der Waals surface area contributed by atoms with E-state index in [0.717, 1.165) is 32.6 Å². The fourth-order valence-corrected chi connectivity index (χ4v) is 3.53. The Morgan fingerprint density at radius 2 is 2.14 bits per heavy atom. The Balaban J connectivity index is 1.41. The van der Waals surface area contributed by atoms with Crippen LogP contribution >= 0.6 is 11.3 Å². The van der Waals surface area contributed by atoms with Crippen molar-refractivity contribution in [2.75, 3.05) is 26.4 Å². The fourth-order valence-electron chi connectivity index (χ4n) is 2.80. The minimum absolute atomic E-state index is 0.264. The maximum atomic E-state index is 10.3. The minimum Gasteiger partial charge on any atom is -0.389 e. The van der Waals surface area contributed by atoms with Gasteiger partial charge in [-0.3, -0.25) is 4.90 Å². The Kier molecular flexibility index (Phi) is 5.66. The van der Waals surface area contributed by atoms with Gasteiger partial charge in [0, 0.05) is 37.2 Å². The van der Waals surface area contributed by atoms with E-state index in [4.69, 9.17) is 9.47 Å². The molecule has 1 saturated heterocycles. The van der Waals surface area contributed by atoms with Gasteiger partial charge in [-0.05, 0) is 37.1 Å². The van der Waals surface area contributed by atoms with E-state index in [0.29, 0.717) is 19.2 Å². The molecule has 4 nitrogen and oxygen atoms in total. The number of aliphatic hydroxyl groups is 1. The molecule has 5 heteroatoms. The van der Waals surface area contributed by atoms with Crippen molar-refractivity contribution in [1.29, 1.82) is 0 Å². The number of thiophene rings is 1. The summed E-state index contributed by atoms with van der Waals surface area (Å²) in [7, 11) is 0. The molecule has 1 aromatic rings. The zero-order valence-corrected chi connectivity index (χ0v) is 13.3. The van der Waals surface area contributed by atoms with Crippen molar-refractivity contribution in [3.8, 4) is 0 Å². The average Bonchev–Trinajstić information content (AvgIpc) is 3.24. The molecule has 1 N–H and O–H groups in total. The first-order valence-corrected chi connectivity index (χ1v) is 8.83. The molecule has 1 aliphatic carbocycles. The molecule has 2 aliphatic rings. The highest BCUT2D eigenvalue weighted by molar-refractivity contribution is 7.09. The number of ether oxygens (including phenoxy) is 2. The van der Waals surface area contributed by atoms with Crippen LogP contribution in [0.25, 0.3) is 0 Å². The van der Waals surface area contributed by atoms with E-state index < -0.39 is 6.10 Å². The molecule has 1 unspecified atom stereocenters. The van der Waals surface area contributed by atoms with Crippen LogP contribution in [0.2, 0.25) is 0 Å². The summed E-state index contributed by atoms with van der Waals surface area (Å²) in [6, 6.07) is 4.92. The Bertz CT molecular complexity index is 402. The second kappa shape index (κ2) is 7.70. The second-order valence-corrected chi connectivity index (χ2v) is 7.07. The van der Waals surface area contributed by atoms with Gasteiger partial charge >= 0.3 is 0 Å². The van der Waals surface area contributed by atoms with Crippen molar-refractivity contribution >= 4 is 11.3 Å². The summed E-state index contributed by atoms with van der Waals surface area (Å²) in [6.45, 7) is 3.68. The lowest BCUT2D eigenvalue weighted by molar-refractivity contribution is -0.0648. The second-order valence-electron chi connectivity index (χ2n) is 6.04. The van der Waals surface area contributed by atoms with Crippen molar-refractivity contribution in [1.82, 2.24) is 4.90 Å². The summed E-state index contributed by atoms with van der Waals surface area (Å²) >= 11 is 1.79. The Morgan fingerprint density at radius 1 is 1.33 bits per heavy atom. The van der Waals surface area contributed by atoms with Gasteiger partial charge in [0.2, 0.25) is 0 Å². The first-order valence-electron chi connectivity index (χ1n) is 7.95. The molecule has 118 valence electrons. The van der Waals surface area contributed by atoms with Gasteiger partial charge in [-0.15, -0.1) is 11.3 Å². The minimum atomic E-state index is -0.395. The average molecular weight is 311 g/mol. The van der Waals surface area contributed by atoms with Gasteiger partial charge in [-0.2, -0.15) is 0 Å². The van der Waals surface area contributed by atoms with Crippen LogP contribution in [0.3, 0.4) is 0 Å². The van der Waals surface area contributed by atoms with E-state index in [1.54, 1.807) is 11.3 Å². The molecule has 1 aliphatic heterocycles. The van der Waals surface area contributed by atoms with Gasteiger partial charge in [-0.25, -0.2) is 0 Å². The van der Waals surface area contributed by atoms with Gasteiger partial charge in [0.15, 0.2) is 0 Å². The quantitative estimate of drug-likeness (QED) is 0.800. The lowest BCUT2D eigenvalue weighted by atomic mass is 10.1. The zero-order valence-electron chi connectivity index (χ0n) is 12.4. The molecule has 0 bridgehead atoms. The Morgan fingerprint density at radius 3 is 2.81 bits per heavy atom. The van der Waals surface area contributed by atoms with Gasteiger partial charge < -0.3 is 14.6 Å². The van der Waals surface area contributed by atoms with Crippen molar-refractivity contribution in [3.05, 3.63) is 22.4 Å². The standard InChI is InChI=1S/C16H25NO3S/c18-14(12-20-15-5-7-19-8-6-15)10-17(13-3-4-13)11-16-2-1-9-21-16/h1-2,9,13-15,18H,3-8,10-12H2. The number of aliphatic hydroxyl groups excluding tert-OH is 1. The largest absolute Gasteiger partial charge is 0.389 e. The first kappa shape index (κ1) is 15.4. The smallest absolute Gasteiger partial charge is 0.0900 e. The van der Waals surface area contributed by atoms with Crippen LogP contribution in [0.15, 0.2) is 17.5 Å². The Hall–Kier alpha value is -0.460. The zero-order chi connectivity index (χ0) is 14.5. The van der Waals surface area contributed by atoms with Crippen LogP contribution in [-0.4, -0.2) is 54.6 Å². The van der Waals surface area contributed by atoms with Gasteiger partial charge in [0.05, 0.1) is 18.8 Å². The molecule has 0 amide bonds. The van der Waals surface area contributed by atoms with E-state index in [1.165, 1.54) is 17.7 Å². The molecule has 1 aromatic heterocycles. The maximum Gasteiger partial charge on any atom is 0.0900 e. The van der Waals surface area contributed by atoms with Crippen molar-refractivity contribution in [2.45, 2.75) is 50.5 Å². The third-order valence-electron chi connectivity index (χ3n) is 4.14. The Labute approximate surface area is 130 Å². The number of rotatable bonds is 8. The van der Waals surface area contributed by atoms with Crippen LogP contribution in [0.5, 0.6) is 0 Å². The van der Waals surface area contributed by atoms with E-state index in [9.17, 15) is 5.11 Å². The van der Waals surface area contributed by atoms with Crippen LogP contribution in [0.4, 0.5) is 0 Å². The monoisotopic (exact) mass is 311 g/mol. The molecular formula is C16H25NO3S. The normalized spacial score (nSPS) is 21.8. The van der Waals surface area contributed by atoms with Crippen molar-refractivity contribution in [2.24, 2.45) is 0 Å². The molecule has 0 aromatic carbocycles. The summed E-state index contributed by atoms with van der Waals surface area (Å²) in [5.74, 6) is 0. The number of hydrogen-bond acceptors (Lipinski definition) is 5. The highest BCUT2D eigenvalue weighted by atomic mass is 32.1. The third kappa shape index (κ3) is 5.04. The number of nitrogens with zero attached hydrogens (tertiary/aromatic N) is 1. The summed E-state index contributed by atoms with van der Waals surface area (Å²) in [4.78, 5) is 3.78. The maximum absolute atomic E-state index is 10.3. The molecule has 1 atom stereocenters. The molecular weight excluding hydrogens is 286 g/mol. The fraction of sp³-hybridized carbons (Fsp3) is 0.750. The molecule has 3 rings (SSSR count). The lowest BCUT2D eigenvalue weighted by Crippen LogP contribution is -2.37. The molecule has 1 saturated carbocycles. The molecule has 21 heavy (non-hydrogen) atoms. The van der Waals surface area contributed by atoms with E-state index in [2.05, 4.69) is 22.4 Å².